The van der Waals surface area contributed by atoms with Crippen molar-refractivity contribution >= 4 is 17.5 Å². The Morgan fingerprint density at radius 3 is 2.50 bits per heavy atom. The van der Waals surface area contributed by atoms with Gasteiger partial charge in [-0.2, -0.15) is 0 Å². The molecule has 0 aliphatic carbocycles. The summed E-state index contributed by atoms with van der Waals surface area (Å²) in [4.78, 5) is 12.1. The molecule has 0 unspecified atom stereocenters. The summed E-state index contributed by atoms with van der Waals surface area (Å²) in [6.07, 6.45) is 2.54. The predicted molar refractivity (Wildman–Crippen MR) is 61.5 cm³/mol. The number of Topliss-reactive ketones (excluding diaryl/α,β-unsaturated/α-hetero) is 1. The van der Waals surface area contributed by atoms with E-state index in [1.165, 1.54) is 4.90 Å². The van der Waals surface area contributed by atoms with Crippen LogP contribution < -0.4 is 0 Å². The van der Waals surface area contributed by atoms with Crippen LogP contribution in [-0.4, -0.2) is 5.78 Å². The average molecular weight is 206 g/mol. The summed E-state index contributed by atoms with van der Waals surface area (Å²) in [5, 5.41) is 2.04. The first-order chi connectivity index (χ1) is 6.72. The minimum absolute atomic E-state index is 0.207. The van der Waals surface area contributed by atoms with Crippen molar-refractivity contribution in [3.05, 3.63) is 41.3 Å². The molecule has 0 N–H and O–H groups in total. The van der Waals surface area contributed by atoms with E-state index in [-0.39, 0.29) is 5.78 Å². The van der Waals surface area contributed by atoms with Crippen LogP contribution in [0.2, 0.25) is 0 Å². The molecule has 0 atom stereocenters. The lowest BCUT2D eigenvalue weighted by atomic mass is 10.1. The highest BCUT2D eigenvalue weighted by molar-refractivity contribution is 8.02. The third-order valence-corrected chi connectivity index (χ3v) is 2.67. The monoisotopic (exact) mass is 206 g/mol. The number of ketones is 1. The summed E-state index contributed by atoms with van der Waals surface area (Å²) in [5.41, 5.74) is 1.09. The van der Waals surface area contributed by atoms with Gasteiger partial charge in [-0.1, -0.05) is 30.0 Å². The summed E-state index contributed by atoms with van der Waals surface area (Å²) in [7, 11) is 0. The largest absolute Gasteiger partial charge is 0.300 e. The van der Waals surface area contributed by atoms with Crippen molar-refractivity contribution < 1.29 is 4.79 Å². The molecule has 0 aliphatic rings. The molecule has 0 aliphatic heterocycles. The second-order valence-electron chi connectivity index (χ2n) is 3.11. The lowest BCUT2D eigenvalue weighted by molar-refractivity contribution is -0.116. The summed E-state index contributed by atoms with van der Waals surface area (Å²) in [6, 6.07) is 8.10. The summed E-state index contributed by atoms with van der Waals surface area (Å²) >= 11 is 1.68. The summed E-state index contributed by atoms with van der Waals surface area (Å²) < 4.78 is 0. The van der Waals surface area contributed by atoms with Crippen molar-refractivity contribution in [2.45, 2.75) is 25.2 Å². The van der Waals surface area contributed by atoms with Gasteiger partial charge in [0.25, 0.3) is 0 Å². The van der Waals surface area contributed by atoms with Crippen LogP contribution in [-0.2, 0) is 11.2 Å². The predicted octanol–water partition coefficient (Wildman–Crippen LogP) is 3.44. The Hall–Kier alpha value is -1.02. The molecule has 1 rings (SSSR count). The Kier molecular flexibility index (Phi) is 4.47. The van der Waals surface area contributed by atoms with Gasteiger partial charge >= 0.3 is 0 Å². The fraction of sp³-hybridized carbons (Fsp3) is 0.250. The zero-order valence-corrected chi connectivity index (χ0v) is 9.30. The van der Waals surface area contributed by atoms with E-state index in [1.54, 1.807) is 18.7 Å². The smallest absolute Gasteiger partial charge is 0.134 e. The van der Waals surface area contributed by atoms with Crippen LogP contribution in [0, 0.1) is 0 Å². The highest BCUT2D eigenvalue weighted by atomic mass is 32.2. The molecule has 0 bridgehead atoms. The van der Waals surface area contributed by atoms with Gasteiger partial charge in [-0.3, -0.25) is 4.79 Å². The van der Waals surface area contributed by atoms with E-state index in [0.29, 0.717) is 6.42 Å². The van der Waals surface area contributed by atoms with Crippen molar-refractivity contribution in [1.82, 2.24) is 0 Å². The first-order valence-electron chi connectivity index (χ1n) is 4.58. The molecular formula is C12H14OS. The minimum Gasteiger partial charge on any atom is -0.300 e. The number of allylic oxidation sites excluding steroid dienone is 1. The fourth-order valence-corrected chi connectivity index (χ4v) is 1.71. The van der Waals surface area contributed by atoms with E-state index >= 15 is 0 Å². The molecule has 0 saturated carbocycles. The topological polar surface area (TPSA) is 17.1 Å². The van der Waals surface area contributed by atoms with Gasteiger partial charge < -0.3 is 0 Å². The molecular weight excluding hydrogens is 192 g/mol. The molecule has 0 aromatic heterocycles. The minimum atomic E-state index is 0.207. The lowest BCUT2D eigenvalue weighted by Crippen LogP contribution is -1.95. The summed E-state index contributed by atoms with van der Waals surface area (Å²) in [5.74, 6) is 0.207. The van der Waals surface area contributed by atoms with E-state index in [4.69, 9.17) is 0 Å². The molecule has 0 heterocycles. The van der Waals surface area contributed by atoms with Gasteiger partial charge in [0.15, 0.2) is 0 Å². The van der Waals surface area contributed by atoms with Crippen molar-refractivity contribution in [3.63, 3.8) is 0 Å². The molecule has 1 aromatic carbocycles. The van der Waals surface area contributed by atoms with Crippen LogP contribution in [0.5, 0.6) is 0 Å². The number of hydrogen-bond donors (Lipinski definition) is 0. The molecule has 0 fully saturated rings. The van der Waals surface area contributed by atoms with Gasteiger partial charge in [-0.25, -0.2) is 0 Å². The molecule has 0 spiro atoms. The lowest BCUT2D eigenvalue weighted by Gasteiger charge is -1.99. The van der Waals surface area contributed by atoms with E-state index in [1.807, 2.05) is 42.7 Å². The maximum atomic E-state index is 10.9. The molecule has 2 heteroatoms. The van der Waals surface area contributed by atoms with Crippen LogP contribution in [0.25, 0.3) is 0 Å². The Bertz CT molecular complexity index is 325. The molecule has 1 nitrogen and oxygen atoms in total. The van der Waals surface area contributed by atoms with Crippen molar-refractivity contribution in [2.75, 3.05) is 0 Å². The normalized spacial score (nSPS) is 10.7. The van der Waals surface area contributed by atoms with Crippen LogP contribution in [0.3, 0.4) is 0 Å². The average Bonchev–Trinajstić information content (AvgIpc) is 2.16. The Labute approximate surface area is 89.2 Å². The maximum Gasteiger partial charge on any atom is 0.134 e. The van der Waals surface area contributed by atoms with E-state index in [9.17, 15) is 4.79 Å². The molecule has 1 aromatic rings. The number of carbonyl (C=O) groups excluding carboxylic acids is 1. The van der Waals surface area contributed by atoms with Gasteiger partial charge in [-0.15, -0.1) is 0 Å². The first kappa shape index (κ1) is 11.1. The SMILES string of the molecule is C/C=C\Sc1ccc(CC(C)=O)cc1. The zero-order chi connectivity index (χ0) is 10.4. The highest BCUT2D eigenvalue weighted by Gasteiger charge is 1.97. The second kappa shape index (κ2) is 5.66. The molecule has 14 heavy (non-hydrogen) atoms. The van der Waals surface area contributed by atoms with E-state index in [0.717, 1.165) is 5.56 Å². The van der Waals surface area contributed by atoms with Gasteiger partial charge in [0.1, 0.15) is 5.78 Å². The van der Waals surface area contributed by atoms with Crippen molar-refractivity contribution in [2.24, 2.45) is 0 Å². The van der Waals surface area contributed by atoms with Crippen molar-refractivity contribution in [3.8, 4) is 0 Å². The van der Waals surface area contributed by atoms with E-state index < -0.39 is 0 Å². The number of hydrogen-bond acceptors (Lipinski definition) is 2. The summed E-state index contributed by atoms with van der Waals surface area (Å²) in [6.45, 7) is 3.61. The molecule has 0 amide bonds. The fourth-order valence-electron chi connectivity index (χ4n) is 1.12. The van der Waals surface area contributed by atoms with Crippen LogP contribution >= 0.6 is 11.8 Å². The Morgan fingerprint density at radius 2 is 2.00 bits per heavy atom. The maximum absolute atomic E-state index is 10.9. The quantitative estimate of drug-likeness (QED) is 0.702. The molecule has 0 saturated heterocycles. The van der Waals surface area contributed by atoms with Gasteiger partial charge in [0.2, 0.25) is 0 Å². The van der Waals surface area contributed by atoms with Crippen LogP contribution in [0.1, 0.15) is 19.4 Å². The van der Waals surface area contributed by atoms with Gasteiger partial charge in [0, 0.05) is 11.3 Å². The third-order valence-electron chi connectivity index (χ3n) is 1.72. The zero-order valence-electron chi connectivity index (χ0n) is 8.49. The Morgan fingerprint density at radius 1 is 1.36 bits per heavy atom. The van der Waals surface area contributed by atoms with Crippen molar-refractivity contribution in [1.29, 1.82) is 0 Å². The standard InChI is InChI=1S/C12H14OS/c1-3-8-14-12-6-4-11(5-7-12)9-10(2)13/h3-8H,9H2,1-2H3/b8-3-. The number of benzene rings is 1. The first-order valence-corrected chi connectivity index (χ1v) is 5.46. The van der Waals surface area contributed by atoms with Crippen LogP contribution in [0.4, 0.5) is 0 Å². The highest BCUT2D eigenvalue weighted by Crippen LogP contribution is 2.19. The second-order valence-corrected chi connectivity index (χ2v) is 4.09. The third kappa shape index (κ3) is 3.79. The number of rotatable bonds is 4. The Balaban J connectivity index is 2.63. The van der Waals surface area contributed by atoms with Gasteiger partial charge in [0.05, 0.1) is 0 Å². The number of thioether (sulfide) groups is 1. The number of carbonyl (C=O) groups is 1. The van der Waals surface area contributed by atoms with Crippen LogP contribution in [0.15, 0.2) is 40.6 Å². The van der Waals surface area contributed by atoms with E-state index in [2.05, 4.69) is 0 Å². The molecule has 0 radical (unpaired) electrons. The molecule has 74 valence electrons. The van der Waals surface area contributed by atoms with Gasteiger partial charge in [-0.05, 0) is 37.0 Å².